The molecule has 0 aromatic heterocycles. The van der Waals surface area contributed by atoms with Gasteiger partial charge in [0.25, 0.3) is 11.8 Å². The topological polar surface area (TPSA) is 67.8 Å². The first-order valence-electron chi connectivity index (χ1n) is 8.21. The number of hydrogen-bond donors (Lipinski definition) is 1. The molecular formula is C20H20N2O3. The number of carbonyl (C=O) groups excluding carboxylic acids is 2. The molecule has 0 fully saturated rings. The molecule has 1 N–H and O–H groups in total. The summed E-state index contributed by atoms with van der Waals surface area (Å²) >= 11 is 0. The van der Waals surface area contributed by atoms with Crippen LogP contribution in [0.5, 0.6) is 5.75 Å². The lowest BCUT2D eigenvalue weighted by Crippen LogP contribution is -2.35. The number of ether oxygens (including phenoxy) is 1. The summed E-state index contributed by atoms with van der Waals surface area (Å²) in [6, 6.07) is 12.9. The second-order valence-corrected chi connectivity index (χ2v) is 6.03. The lowest BCUT2D eigenvalue weighted by atomic mass is 9.99. The minimum atomic E-state index is -0.312. The van der Waals surface area contributed by atoms with E-state index in [4.69, 9.17) is 4.74 Å². The molecule has 3 rings (SSSR count). The van der Waals surface area contributed by atoms with Gasteiger partial charge in [0.1, 0.15) is 5.75 Å². The molecule has 1 atom stereocenters. The summed E-state index contributed by atoms with van der Waals surface area (Å²) in [4.78, 5) is 28.6. The zero-order chi connectivity index (χ0) is 17.8. The Morgan fingerprint density at radius 3 is 2.84 bits per heavy atom. The highest BCUT2D eigenvalue weighted by Crippen LogP contribution is 2.17. The second-order valence-electron chi connectivity index (χ2n) is 6.03. The number of rotatable bonds is 5. The summed E-state index contributed by atoms with van der Waals surface area (Å²) < 4.78 is 5.19. The molecule has 2 aromatic rings. The van der Waals surface area contributed by atoms with E-state index >= 15 is 0 Å². The van der Waals surface area contributed by atoms with Crippen LogP contribution in [0.1, 0.15) is 22.3 Å². The van der Waals surface area contributed by atoms with Gasteiger partial charge in [0.05, 0.1) is 23.9 Å². The molecule has 0 bridgehead atoms. The molecule has 0 spiro atoms. The van der Waals surface area contributed by atoms with E-state index in [1.807, 2.05) is 37.3 Å². The maximum absolute atomic E-state index is 12.3. The summed E-state index contributed by atoms with van der Waals surface area (Å²) in [5.74, 6) is -0.161. The number of hydrogen-bond acceptors (Lipinski definition) is 3. The Kier molecular flexibility index (Phi) is 4.93. The summed E-state index contributed by atoms with van der Waals surface area (Å²) in [6.45, 7) is 2.36. The van der Waals surface area contributed by atoms with Gasteiger partial charge < -0.3 is 10.1 Å². The van der Waals surface area contributed by atoms with Gasteiger partial charge in [-0.2, -0.15) is 0 Å². The molecule has 2 aromatic carbocycles. The monoisotopic (exact) mass is 336 g/mol. The highest BCUT2D eigenvalue weighted by atomic mass is 16.5. The van der Waals surface area contributed by atoms with E-state index in [9.17, 15) is 9.59 Å². The number of nitrogens with zero attached hydrogens (tertiary/aromatic N) is 1. The number of para-hydroxylation sites is 1. The first-order chi connectivity index (χ1) is 12.1. The molecule has 1 heterocycles. The van der Waals surface area contributed by atoms with Gasteiger partial charge >= 0.3 is 0 Å². The van der Waals surface area contributed by atoms with E-state index in [1.165, 1.54) is 7.11 Å². The average molecular weight is 336 g/mol. The van der Waals surface area contributed by atoms with Crippen LogP contribution in [0, 0.1) is 12.8 Å². The minimum Gasteiger partial charge on any atom is -0.496 e. The normalized spacial score (nSPS) is 15.6. The van der Waals surface area contributed by atoms with Crippen molar-refractivity contribution >= 4 is 17.9 Å². The van der Waals surface area contributed by atoms with Crippen LogP contribution in [0.3, 0.4) is 0 Å². The van der Waals surface area contributed by atoms with E-state index < -0.39 is 0 Å². The van der Waals surface area contributed by atoms with Crippen molar-refractivity contribution in [3.05, 3.63) is 64.2 Å². The zero-order valence-corrected chi connectivity index (χ0v) is 14.3. The molecule has 2 amide bonds. The quantitative estimate of drug-likeness (QED) is 0.897. The van der Waals surface area contributed by atoms with Gasteiger partial charge in [0.2, 0.25) is 0 Å². The molecule has 1 aliphatic heterocycles. The first-order valence-corrected chi connectivity index (χ1v) is 8.21. The SMILES string of the molecule is COc1ccccc1C(=O)NCCC1C=c2ccc(C)cc2=NC1=O. The van der Waals surface area contributed by atoms with Crippen molar-refractivity contribution in [1.29, 1.82) is 0 Å². The van der Waals surface area contributed by atoms with Crippen LogP contribution in [0.2, 0.25) is 0 Å². The molecule has 128 valence electrons. The molecule has 25 heavy (non-hydrogen) atoms. The fourth-order valence-corrected chi connectivity index (χ4v) is 2.86. The molecule has 1 unspecified atom stereocenters. The van der Waals surface area contributed by atoms with Crippen molar-refractivity contribution in [2.45, 2.75) is 13.3 Å². The lowest BCUT2D eigenvalue weighted by molar-refractivity contribution is -0.120. The van der Waals surface area contributed by atoms with Crippen LogP contribution in [0.4, 0.5) is 0 Å². The van der Waals surface area contributed by atoms with Crippen molar-refractivity contribution in [2.75, 3.05) is 13.7 Å². The third-order valence-electron chi connectivity index (χ3n) is 4.21. The van der Waals surface area contributed by atoms with Gasteiger partial charge in [0.15, 0.2) is 0 Å². The number of carbonyl (C=O) groups is 2. The van der Waals surface area contributed by atoms with Gasteiger partial charge in [0, 0.05) is 6.54 Å². The predicted octanol–water partition coefficient (Wildman–Crippen LogP) is 1.38. The van der Waals surface area contributed by atoms with Gasteiger partial charge in [-0.15, -0.1) is 0 Å². The van der Waals surface area contributed by atoms with Gasteiger partial charge in [-0.1, -0.05) is 30.3 Å². The van der Waals surface area contributed by atoms with Gasteiger partial charge in [-0.05, 0) is 42.3 Å². The number of fused-ring (bicyclic) bond motifs is 1. The van der Waals surface area contributed by atoms with Crippen molar-refractivity contribution in [3.8, 4) is 5.75 Å². The van der Waals surface area contributed by atoms with Crippen LogP contribution in [0.15, 0.2) is 47.5 Å². The standard InChI is InChI=1S/C20H20N2O3/c1-13-7-8-14-12-15(19(23)22-17(14)11-13)9-10-21-20(24)16-5-3-4-6-18(16)25-2/h3-8,11-12,15H,9-10H2,1-2H3,(H,21,24). The largest absolute Gasteiger partial charge is 0.496 e. The Bertz CT molecular complexity index is 934. The van der Waals surface area contributed by atoms with E-state index in [0.29, 0.717) is 24.3 Å². The zero-order valence-electron chi connectivity index (χ0n) is 14.3. The maximum atomic E-state index is 12.3. The molecule has 0 radical (unpaired) electrons. The average Bonchev–Trinajstić information content (AvgIpc) is 2.62. The first kappa shape index (κ1) is 16.9. The summed E-state index contributed by atoms with van der Waals surface area (Å²) in [6.07, 6.45) is 2.44. The van der Waals surface area contributed by atoms with E-state index in [-0.39, 0.29) is 17.7 Å². The van der Waals surface area contributed by atoms with Crippen LogP contribution in [0.25, 0.3) is 6.08 Å². The fourth-order valence-electron chi connectivity index (χ4n) is 2.86. The van der Waals surface area contributed by atoms with Crippen LogP contribution >= 0.6 is 0 Å². The van der Waals surface area contributed by atoms with E-state index in [2.05, 4.69) is 10.3 Å². The van der Waals surface area contributed by atoms with E-state index in [0.717, 1.165) is 16.1 Å². The van der Waals surface area contributed by atoms with Gasteiger partial charge in [-0.3, -0.25) is 9.59 Å². The highest BCUT2D eigenvalue weighted by Gasteiger charge is 2.19. The van der Waals surface area contributed by atoms with Crippen LogP contribution < -0.4 is 20.6 Å². The van der Waals surface area contributed by atoms with Crippen LogP contribution in [-0.2, 0) is 4.79 Å². The van der Waals surface area contributed by atoms with Crippen molar-refractivity contribution in [3.63, 3.8) is 0 Å². The predicted molar refractivity (Wildman–Crippen MR) is 94.9 cm³/mol. The number of aryl methyl sites for hydroxylation is 1. The minimum absolute atomic E-state index is 0.162. The smallest absolute Gasteiger partial charge is 0.255 e. The highest BCUT2D eigenvalue weighted by molar-refractivity contribution is 5.97. The third kappa shape index (κ3) is 3.76. The second kappa shape index (κ2) is 7.30. The summed E-state index contributed by atoms with van der Waals surface area (Å²) in [7, 11) is 1.53. The molecule has 1 aliphatic rings. The Morgan fingerprint density at radius 2 is 2.04 bits per heavy atom. The Hall–Kier alpha value is -2.95. The van der Waals surface area contributed by atoms with Crippen LogP contribution in [-0.4, -0.2) is 25.5 Å². The number of amides is 2. The third-order valence-corrected chi connectivity index (χ3v) is 4.21. The lowest BCUT2D eigenvalue weighted by Gasteiger charge is -2.13. The molecule has 0 aliphatic carbocycles. The Labute approximate surface area is 146 Å². The summed E-state index contributed by atoms with van der Waals surface area (Å²) in [5, 5.41) is 4.53. The number of benzene rings is 2. The molecule has 0 saturated carbocycles. The number of nitrogens with one attached hydrogen (secondary N) is 1. The van der Waals surface area contributed by atoms with Crippen molar-refractivity contribution in [1.82, 2.24) is 5.32 Å². The molecule has 5 nitrogen and oxygen atoms in total. The molecule has 5 heteroatoms. The van der Waals surface area contributed by atoms with Gasteiger partial charge in [-0.25, -0.2) is 4.99 Å². The molecule has 0 saturated heterocycles. The molecular weight excluding hydrogens is 316 g/mol. The summed E-state index contributed by atoms with van der Waals surface area (Å²) in [5.41, 5.74) is 1.56. The van der Waals surface area contributed by atoms with Crippen molar-refractivity contribution in [2.24, 2.45) is 10.9 Å². The van der Waals surface area contributed by atoms with E-state index in [1.54, 1.807) is 18.2 Å². The number of methoxy groups -OCH3 is 1. The maximum Gasteiger partial charge on any atom is 0.255 e. The van der Waals surface area contributed by atoms with Crippen molar-refractivity contribution < 1.29 is 14.3 Å². The fraction of sp³-hybridized carbons (Fsp3) is 0.250. The Balaban J connectivity index is 1.65. The Morgan fingerprint density at radius 1 is 1.24 bits per heavy atom.